The van der Waals surface area contributed by atoms with Crippen LogP contribution in [0.2, 0.25) is 0 Å². The first-order chi connectivity index (χ1) is 13.7. The molecule has 0 spiro atoms. The van der Waals surface area contributed by atoms with Crippen LogP contribution in [0.25, 0.3) is 11.0 Å². The molecule has 3 fully saturated rings. The highest BCUT2D eigenvalue weighted by molar-refractivity contribution is 5.99. The van der Waals surface area contributed by atoms with Crippen LogP contribution in [0.4, 0.5) is 0 Å². The summed E-state index contributed by atoms with van der Waals surface area (Å²) in [6, 6.07) is 3.64. The Bertz CT molecular complexity index is 890. The lowest BCUT2D eigenvalue weighted by Gasteiger charge is -2.30. The molecule has 0 aliphatic carbocycles. The standard InChI is InChI=1S/C21H26N4O3/c26-20(23-16-8-14-4-7-24(12-14)13-16)17-9-15-10-18(28-19(15)11-22-17)21(27)25-5-2-1-3-6-25/h9-11,14,16H,1-8,12-13H2,(H,23,26)/t14-,16+/m0/s1. The van der Waals surface area contributed by atoms with Crippen molar-refractivity contribution in [3.8, 4) is 0 Å². The molecule has 148 valence electrons. The Labute approximate surface area is 164 Å². The zero-order chi connectivity index (χ0) is 19.1. The lowest BCUT2D eigenvalue weighted by Crippen LogP contribution is -2.47. The number of pyridine rings is 1. The van der Waals surface area contributed by atoms with Gasteiger partial charge in [-0.3, -0.25) is 9.59 Å². The molecule has 1 unspecified atom stereocenters. The summed E-state index contributed by atoms with van der Waals surface area (Å²) >= 11 is 0. The van der Waals surface area contributed by atoms with Gasteiger partial charge < -0.3 is 19.5 Å². The number of carbonyl (C=O) groups excluding carboxylic acids is 2. The molecule has 0 radical (unpaired) electrons. The summed E-state index contributed by atoms with van der Waals surface area (Å²) in [6.45, 7) is 4.79. The van der Waals surface area contributed by atoms with Gasteiger partial charge in [-0.1, -0.05) is 0 Å². The Morgan fingerprint density at radius 3 is 2.79 bits per heavy atom. The van der Waals surface area contributed by atoms with E-state index in [2.05, 4.69) is 15.2 Å². The van der Waals surface area contributed by atoms with Crippen LogP contribution in [-0.2, 0) is 0 Å². The van der Waals surface area contributed by atoms with Crippen molar-refractivity contribution in [3.05, 3.63) is 29.8 Å². The van der Waals surface area contributed by atoms with Gasteiger partial charge in [0.15, 0.2) is 11.3 Å². The van der Waals surface area contributed by atoms with Gasteiger partial charge in [-0.05, 0) is 56.7 Å². The molecule has 3 atom stereocenters. The number of aromatic nitrogens is 1. The third-order valence-corrected chi connectivity index (χ3v) is 6.29. The summed E-state index contributed by atoms with van der Waals surface area (Å²) in [4.78, 5) is 33.9. The van der Waals surface area contributed by atoms with Gasteiger partial charge in [-0.15, -0.1) is 0 Å². The second-order valence-corrected chi connectivity index (χ2v) is 8.39. The lowest BCUT2D eigenvalue weighted by molar-refractivity contribution is 0.0694. The Balaban J connectivity index is 1.30. The summed E-state index contributed by atoms with van der Waals surface area (Å²) in [5, 5.41) is 3.88. The third-order valence-electron chi connectivity index (χ3n) is 6.29. The van der Waals surface area contributed by atoms with Crippen LogP contribution in [0, 0.1) is 5.92 Å². The monoisotopic (exact) mass is 382 g/mol. The molecule has 2 bridgehead atoms. The summed E-state index contributed by atoms with van der Waals surface area (Å²) in [5.74, 6) is 0.799. The summed E-state index contributed by atoms with van der Waals surface area (Å²) in [6.07, 6.45) is 7.08. The molecule has 2 aromatic rings. The summed E-state index contributed by atoms with van der Waals surface area (Å²) in [5.41, 5.74) is 0.914. The van der Waals surface area contributed by atoms with Gasteiger partial charge in [-0.25, -0.2) is 4.98 Å². The number of hydrogen-bond acceptors (Lipinski definition) is 5. The third kappa shape index (κ3) is 3.39. The summed E-state index contributed by atoms with van der Waals surface area (Å²) < 4.78 is 5.71. The lowest BCUT2D eigenvalue weighted by atomic mass is 9.97. The number of carbonyl (C=O) groups is 2. The minimum Gasteiger partial charge on any atom is -0.449 e. The Hall–Kier alpha value is -2.41. The fourth-order valence-electron chi connectivity index (χ4n) is 4.85. The normalized spacial score (nSPS) is 27.1. The fourth-order valence-corrected chi connectivity index (χ4v) is 4.85. The molecule has 5 heterocycles. The highest BCUT2D eigenvalue weighted by Gasteiger charge is 2.33. The van der Waals surface area contributed by atoms with Crippen molar-refractivity contribution < 1.29 is 14.0 Å². The number of likely N-dealkylation sites (tertiary alicyclic amines) is 1. The van der Waals surface area contributed by atoms with Gasteiger partial charge >= 0.3 is 0 Å². The molecule has 3 aliphatic rings. The van der Waals surface area contributed by atoms with Crippen molar-refractivity contribution in [2.24, 2.45) is 5.92 Å². The second kappa shape index (κ2) is 7.20. The van der Waals surface area contributed by atoms with E-state index in [-0.39, 0.29) is 17.9 Å². The van der Waals surface area contributed by atoms with Crippen LogP contribution >= 0.6 is 0 Å². The number of rotatable bonds is 3. The number of piperidine rings is 2. The smallest absolute Gasteiger partial charge is 0.289 e. The predicted molar refractivity (Wildman–Crippen MR) is 104 cm³/mol. The number of nitrogens with one attached hydrogen (secondary N) is 1. The number of furan rings is 1. The molecule has 2 aromatic heterocycles. The second-order valence-electron chi connectivity index (χ2n) is 8.39. The maximum atomic E-state index is 12.7. The van der Waals surface area contributed by atoms with Crippen LogP contribution in [0.15, 0.2) is 22.7 Å². The maximum absolute atomic E-state index is 12.7. The largest absolute Gasteiger partial charge is 0.449 e. The molecule has 7 nitrogen and oxygen atoms in total. The molecule has 5 rings (SSSR count). The van der Waals surface area contributed by atoms with E-state index in [0.29, 0.717) is 23.0 Å². The molecule has 0 aromatic carbocycles. The number of fused-ring (bicyclic) bond motifs is 3. The first-order valence-electron chi connectivity index (χ1n) is 10.4. The van der Waals surface area contributed by atoms with Crippen molar-refractivity contribution in [1.82, 2.24) is 20.1 Å². The van der Waals surface area contributed by atoms with E-state index in [1.807, 2.05) is 4.90 Å². The first-order valence-corrected chi connectivity index (χ1v) is 10.4. The highest BCUT2D eigenvalue weighted by Crippen LogP contribution is 2.27. The minimum atomic E-state index is -0.153. The summed E-state index contributed by atoms with van der Waals surface area (Å²) in [7, 11) is 0. The van der Waals surface area contributed by atoms with Crippen LogP contribution in [0.5, 0.6) is 0 Å². The van der Waals surface area contributed by atoms with E-state index < -0.39 is 0 Å². The van der Waals surface area contributed by atoms with Crippen molar-refractivity contribution in [1.29, 1.82) is 0 Å². The molecule has 3 aliphatic heterocycles. The van der Waals surface area contributed by atoms with Crippen molar-refractivity contribution in [2.75, 3.05) is 32.7 Å². The van der Waals surface area contributed by atoms with E-state index >= 15 is 0 Å². The molecule has 7 heteroatoms. The topological polar surface area (TPSA) is 78.7 Å². The van der Waals surface area contributed by atoms with Crippen LogP contribution < -0.4 is 5.32 Å². The average Bonchev–Trinajstić information content (AvgIpc) is 3.30. The van der Waals surface area contributed by atoms with Crippen LogP contribution in [-0.4, -0.2) is 65.4 Å². The van der Waals surface area contributed by atoms with E-state index in [1.165, 1.54) is 19.4 Å². The Morgan fingerprint density at radius 1 is 1.11 bits per heavy atom. The van der Waals surface area contributed by atoms with Gasteiger partial charge in [0.05, 0.1) is 6.20 Å². The number of nitrogens with zero attached hydrogens (tertiary/aromatic N) is 3. The highest BCUT2D eigenvalue weighted by atomic mass is 16.3. The quantitative estimate of drug-likeness (QED) is 0.881. The number of hydrogen-bond donors (Lipinski definition) is 1. The molecule has 1 N–H and O–H groups in total. The van der Waals surface area contributed by atoms with Crippen molar-refractivity contribution in [3.63, 3.8) is 0 Å². The van der Waals surface area contributed by atoms with E-state index in [0.717, 1.165) is 50.8 Å². The van der Waals surface area contributed by atoms with Gasteiger partial charge in [-0.2, -0.15) is 0 Å². The van der Waals surface area contributed by atoms with E-state index in [9.17, 15) is 9.59 Å². The molecular weight excluding hydrogens is 356 g/mol. The fraction of sp³-hybridized carbons (Fsp3) is 0.571. The van der Waals surface area contributed by atoms with Crippen LogP contribution in [0.3, 0.4) is 0 Å². The SMILES string of the molecule is O=C(N[C@@H]1C[C@@H]2CCN(C2)C1)c1cc2cc(C(=O)N3CCCCC3)oc2cn1. The molecule has 28 heavy (non-hydrogen) atoms. The van der Waals surface area contributed by atoms with Crippen LogP contribution in [0.1, 0.15) is 53.1 Å². The van der Waals surface area contributed by atoms with Gasteiger partial charge in [0.1, 0.15) is 5.69 Å². The van der Waals surface area contributed by atoms with Gasteiger partial charge in [0.2, 0.25) is 0 Å². The zero-order valence-corrected chi connectivity index (χ0v) is 16.0. The van der Waals surface area contributed by atoms with Gasteiger partial charge in [0, 0.05) is 37.6 Å². The van der Waals surface area contributed by atoms with Crippen molar-refractivity contribution in [2.45, 2.75) is 38.1 Å². The number of amides is 2. The predicted octanol–water partition coefficient (Wildman–Crippen LogP) is 2.28. The maximum Gasteiger partial charge on any atom is 0.289 e. The molecule has 3 saturated heterocycles. The average molecular weight is 382 g/mol. The molecule has 2 amide bonds. The first kappa shape index (κ1) is 17.7. The van der Waals surface area contributed by atoms with E-state index in [4.69, 9.17) is 4.42 Å². The minimum absolute atomic E-state index is 0.0753. The van der Waals surface area contributed by atoms with Gasteiger partial charge in [0.25, 0.3) is 11.8 Å². The zero-order valence-electron chi connectivity index (χ0n) is 16.0. The van der Waals surface area contributed by atoms with E-state index in [1.54, 1.807) is 18.3 Å². The Kier molecular flexibility index (Phi) is 4.55. The molecule has 0 saturated carbocycles. The Morgan fingerprint density at radius 2 is 1.96 bits per heavy atom. The van der Waals surface area contributed by atoms with Crippen molar-refractivity contribution >= 4 is 22.8 Å². The molecular formula is C21H26N4O3.